The molecule has 0 aliphatic heterocycles. The van der Waals surface area contributed by atoms with E-state index in [4.69, 9.17) is 16.3 Å². The molecule has 0 N–H and O–H groups in total. The monoisotopic (exact) mass is 405 g/mol. The Balaban J connectivity index is 1.91. The number of carbonyl (C=O) groups excluding carboxylic acids is 1. The van der Waals surface area contributed by atoms with Crippen molar-refractivity contribution in [2.75, 3.05) is 7.11 Å². The molecule has 0 aliphatic carbocycles. The van der Waals surface area contributed by atoms with Crippen molar-refractivity contribution in [2.45, 2.75) is 0 Å². The molecule has 0 spiro atoms. The third-order valence-electron chi connectivity index (χ3n) is 4.43. The third kappa shape index (κ3) is 3.57. The van der Waals surface area contributed by atoms with Gasteiger partial charge in [-0.1, -0.05) is 54.1 Å². The van der Waals surface area contributed by atoms with Crippen LogP contribution in [-0.2, 0) is 4.74 Å². The van der Waals surface area contributed by atoms with Gasteiger partial charge in [-0.15, -0.1) is 11.3 Å². The normalized spacial score (nSPS) is 10.6. The summed E-state index contributed by atoms with van der Waals surface area (Å²) >= 11 is 7.47. The number of carbonyl (C=O) groups is 1. The number of thiophene rings is 1. The molecule has 5 heteroatoms. The van der Waals surface area contributed by atoms with Gasteiger partial charge in [0.2, 0.25) is 0 Å². The van der Waals surface area contributed by atoms with Crippen LogP contribution < -0.4 is 0 Å². The largest absolute Gasteiger partial charge is 0.465 e. The first-order valence-electron chi connectivity index (χ1n) is 8.65. The Labute approximate surface area is 172 Å². The predicted octanol–water partition coefficient (Wildman–Crippen LogP) is 6.58. The molecule has 0 unspecified atom stereocenters. The van der Waals surface area contributed by atoms with E-state index in [1.807, 2.05) is 66.7 Å². The Morgan fingerprint density at radius 1 is 0.929 bits per heavy atom. The van der Waals surface area contributed by atoms with E-state index >= 15 is 0 Å². The SMILES string of the molecule is COC(=O)c1sc(-c2ccccc2)cc1-c1ccncc1-c1ccc(Cl)cc1. The van der Waals surface area contributed by atoms with E-state index < -0.39 is 0 Å². The van der Waals surface area contributed by atoms with Gasteiger partial charge in [-0.2, -0.15) is 0 Å². The Hall–Kier alpha value is -2.95. The number of hydrogen-bond donors (Lipinski definition) is 0. The Morgan fingerprint density at radius 3 is 2.39 bits per heavy atom. The molecule has 0 saturated heterocycles. The molecule has 3 nitrogen and oxygen atoms in total. The van der Waals surface area contributed by atoms with Gasteiger partial charge in [-0.05, 0) is 41.0 Å². The molecule has 0 saturated carbocycles. The first-order valence-corrected chi connectivity index (χ1v) is 9.84. The van der Waals surface area contributed by atoms with Crippen LogP contribution in [0.15, 0.2) is 79.1 Å². The van der Waals surface area contributed by atoms with Crippen LogP contribution >= 0.6 is 22.9 Å². The van der Waals surface area contributed by atoms with Gasteiger partial charge in [0, 0.05) is 33.4 Å². The van der Waals surface area contributed by atoms with Crippen molar-refractivity contribution in [1.82, 2.24) is 4.98 Å². The van der Waals surface area contributed by atoms with Crippen molar-refractivity contribution >= 4 is 28.9 Å². The van der Waals surface area contributed by atoms with Gasteiger partial charge in [0.25, 0.3) is 0 Å². The Morgan fingerprint density at radius 2 is 1.68 bits per heavy atom. The second-order valence-corrected chi connectivity index (χ2v) is 7.63. The summed E-state index contributed by atoms with van der Waals surface area (Å²) in [6.07, 6.45) is 3.54. The number of hydrogen-bond acceptors (Lipinski definition) is 4. The number of pyridine rings is 1. The number of nitrogens with zero attached hydrogens (tertiary/aromatic N) is 1. The van der Waals surface area contributed by atoms with Crippen molar-refractivity contribution in [3.05, 3.63) is 89.0 Å². The molecule has 0 radical (unpaired) electrons. The van der Waals surface area contributed by atoms with Crippen molar-refractivity contribution in [3.63, 3.8) is 0 Å². The summed E-state index contributed by atoms with van der Waals surface area (Å²) in [4.78, 5) is 18.4. The number of ether oxygens (including phenoxy) is 1. The summed E-state index contributed by atoms with van der Waals surface area (Å²) < 4.78 is 5.05. The molecule has 0 atom stereocenters. The van der Waals surface area contributed by atoms with E-state index in [9.17, 15) is 4.79 Å². The molecular weight excluding hydrogens is 390 g/mol. The van der Waals surface area contributed by atoms with E-state index in [-0.39, 0.29) is 5.97 Å². The van der Waals surface area contributed by atoms with E-state index in [1.165, 1.54) is 18.4 Å². The zero-order valence-corrected chi connectivity index (χ0v) is 16.6. The maximum Gasteiger partial charge on any atom is 0.348 e. The topological polar surface area (TPSA) is 39.2 Å². The lowest BCUT2D eigenvalue weighted by atomic mass is 9.96. The third-order valence-corrected chi connectivity index (χ3v) is 5.84. The minimum atomic E-state index is -0.346. The van der Waals surface area contributed by atoms with Crippen LogP contribution in [0.3, 0.4) is 0 Å². The van der Waals surface area contributed by atoms with Crippen LogP contribution in [0.5, 0.6) is 0 Å². The van der Waals surface area contributed by atoms with Gasteiger partial charge in [0.05, 0.1) is 7.11 Å². The predicted molar refractivity (Wildman–Crippen MR) is 115 cm³/mol. The number of rotatable bonds is 4. The zero-order valence-electron chi connectivity index (χ0n) is 15.1. The lowest BCUT2D eigenvalue weighted by Gasteiger charge is -2.10. The van der Waals surface area contributed by atoms with Gasteiger partial charge in [-0.3, -0.25) is 4.98 Å². The van der Waals surface area contributed by atoms with E-state index in [2.05, 4.69) is 4.98 Å². The minimum absolute atomic E-state index is 0.346. The lowest BCUT2D eigenvalue weighted by molar-refractivity contribution is 0.0607. The molecule has 0 amide bonds. The summed E-state index contributed by atoms with van der Waals surface area (Å²) in [5.74, 6) is -0.346. The summed E-state index contributed by atoms with van der Waals surface area (Å²) in [5.41, 5.74) is 4.74. The number of halogens is 1. The van der Waals surface area contributed by atoms with Gasteiger partial charge in [0.15, 0.2) is 0 Å². The number of benzene rings is 2. The highest BCUT2D eigenvalue weighted by Crippen LogP contribution is 2.41. The number of aromatic nitrogens is 1. The standard InChI is InChI=1S/C23H16ClNO2S/c1-27-23(26)22-19(13-21(28-22)16-5-3-2-4-6-16)18-11-12-25-14-20(18)15-7-9-17(24)10-8-15/h2-14H,1H3. The van der Waals surface area contributed by atoms with E-state index in [0.29, 0.717) is 9.90 Å². The molecule has 138 valence electrons. The second-order valence-electron chi connectivity index (χ2n) is 6.14. The minimum Gasteiger partial charge on any atom is -0.465 e. The van der Waals surface area contributed by atoms with Crippen LogP contribution in [-0.4, -0.2) is 18.1 Å². The van der Waals surface area contributed by atoms with Crippen molar-refractivity contribution < 1.29 is 9.53 Å². The molecule has 0 bridgehead atoms. The van der Waals surface area contributed by atoms with Crippen molar-refractivity contribution in [2.24, 2.45) is 0 Å². The second kappa shape index (κ2) is 7.97. The highest BCUT2D eigenvalue weighted by atomic mass is 35.5. The average molecular weight is 406 g/mol. The molecular formula is C23H16ClNO2S. The molecule has 0 fully saturated rings. The van der Waals surface area contributed by atoms with Crippen LogP contribution in [0, 0.1) is 0 Å². The molecule has 0 aliphatic rings. The van der Waals surface area contributed by atoms with Gasteiger partial charge >= 0.3 is 5.97 Å². The van der Waals surface area contributed by atoms with Crippen LogP contribution in [0.4, 0.5) is 0 Å². The summed E-state index contributed by atoms with van der Waals surface area (Å²) in [7, 11) is 1.40. The fourth-order valence-corrected chi connectivity index (χ4v) is 4.29. The molecule has 4 rings (SSSR count). The first kappa shape index (κ1) is 18.4. The van der Waals surface area contributed by atoms with Crippen molar-refractivity contribution in [3.8, 4) is 32.7 Å². The molecule has 28 heavy (non-hydrogen) atoms. The van der Waals surface area contributed by atoms with Crippen LogP contribution in [0.25, 0.3) is 32.7 Å². The Bertz CT molecular complexity index is 1120. The number of esters is 1. The Kier molecular flexibility index (Phi) is 5.24. The lowest BCUT2D eigenvalue weighted by Crippen LogP contribution is -2.00. The van der Waals surface area contributed by atoms with Gasteiger partial charge in [-0.25, -0.2) is 4.79 Å². The maximum atomic E-state index is 12.5. The maximum absolute atomic E-state index is 12.5. The van der Waals surface area contributed by atoms with Crippen LogP contribution in [0.2, 0.25) is 5.02 Å². The summed E-state index contributed by atoms with van der Waals surface area (Å²) in [6.45, 7) is 0. The van der Waals surface area contributed by atoms with E-state index in [0.717, 1.165) is 32.7 Å². The molecule has 2 heterocycles. The summed E-state index contributed by atoms with van der Waals surface area (Å²) in [6, 6.07) is 21.6. The quantitative estimate of drug-likeness (QED) is 0.360. The van der Waals surface area contributed by atoms with E-state index in [1.54, 1.807) is 12.4 Å². The molecule has 2 aromatic heterocycles. The van der Waals surface area contributed by atoms with Crippen molar-refractivity contribution in [1.29, 1.82) is 0 Å². The van der Waals surface area contributed by atoms with Gasteiger partial charge in [0.1, 0.15) is 4.88 Å². The zero-order chi connectivity index (χ0) is 19.5. The molecule has 4 aromatic rings. The first-order chi connectivity index (χ1) is 13.7. The highest BCUT2D eigenvalue weighted by molar-refractivity contribution is 7.17. The smallest absolute Gasteiger partial charge is 0.348 e. The fraction of sp³-hybridized carbons (Fsp3) is 0.0435. The van der Waals surface area contributed by atoms with Gasteiger partial charge < -0.3 is 4.74 Å². The highest BCUT2D eigenvalue weighted by Gasteiger charge is 2.21. The number of methoxy groups -OCH3 is 1. The summed E-state index contributed by atoms with van der Waals surface area (Å²) in [5, 5.41) is 0.673. The molecule has 2 aromatic carbocycles. The fourth-order valence-electron chi connectivity index (χ4n) is 3.07. The average Bonchev–Trinajstić information content (AvgIpc) is 3.20. The van der Waals surface area contributed by atoms with Crippen LogP contribution in [0.1, 0.15) is 9.67 Å².